The lowest BCUT2D eigenvalue weighted by Crippen LogP contribution is -2.35. The van der Waals surface area contributed by atoms with Gasteiger partial charge in [0.15, 0.2) is 5.78 Å². The van der Waals surface area contributed by atoms with E-state index in [0.717, 1.165) is 36.2 Å². The Morgan fingerprint density at radius 3 is 2.64 bits per heavy atom. The number of benzene rings is 1. The highest BCUT2D eigenvalue weighted by Crippen LogP contribution is 2.45. The summed E-state index contributed by atoms with van der Waals surface area (Å²) in [5.74, 6) is 0.435. The number of anilines is 1. The van der Waals surface area contributed by atoms with Gasteiger partial charge in [-0.05, 0) is 29.3 Å². The average molecular weight is 334 g/mol. The number of hydrogen-bond donors (Lipinski definition) is 0. The molecule has 2 aliphatic rings. The van der Waals surface area contributed by atoms with E-state index in [9.17, 15) is 4.79 Å². The largest absolute Gasteiger partial charge is 0.378 e. The molecule has 5 heteroatoms. The fraction of sp³-hybridized carbons (Fsp3) is 0.353. The van der Waals surface area contributed by atoms with Gasteiger partial charge in [-0.3, -0.25) is 4.79 Å². The van der Waals surface area contributed by atoms with Crippen molar-refractivity contribution in [3.05, 3.63) is 51.4 Å². The lowest BCUT2D eigenvalue weighted by Gasteiger charge is -2.27. The van der Waals surface area contributed by atoms with Gasteiger partial charge in [0, 0.05) is 30.5 Å². The molecule has 0 amide bonds. The number of ketones is 1. The molecule has 1 fully saturated rings. The highest BCUT2D eigenvalue weighted by Gasteiger charge is 2.34. The van der Waals surface area contributed by atoms with Crippen LogP contribution in [-0.4, -0.2) is 32.1 Å². The molecule has 1 unspecified atom stereocenters. The molecule has 0 N–H and O–H groups in total. The Morgan fingerprint density at radius 1 is 1.18 bits per heavy atom. The standard InChI is InChI=1S/C17H16ClNO2S/c18-12-3-1-11(2-4-12)13-9-15(20)17-14(13)10-16(22-17)19-5-7-21-8-6-19/h1-4,10,13H,5-9H2. The first-order valence-corrected chi connectivity index (χ1v) is 8.67. The van der Waals surface area contributed by atoms with Crippen LogP contribution in [0.1, 0.15) is 33.1 Å². The number of rotatable bonds is 2. The van der Waals surface area contributed by atoms with Crippen molar-refractivity contribution < 1.29 is 9.53 Å². The number of nitrogens with zero attached hydrogens (tertiary/aromatic N) is 1. The van der Waals surface area contributed by atoms with E-state index in [0.29, 0.717) is 6.42 Å². The highest BCUT2D eigenvalue weighted by molar-refractivity contribution is 7.18. The summed E-state index contributed by atoms with van der Waals surface area (Å²) in [5, 5.41) is 1.92. The molecule has 114 valence electrons. The minimum Gasteiger partial charge on any atom is -0.378 e. The van der Waals surface area contributed by atoms with Crippen LogP contribution in [0, 0.1) is 0 Å². The summed E-state index contributed by atoms with van der Waals surface area (Å²) in [7, 11) is 0. The van der Waals surface area contributed by atoms with Crippen molar-refractivity contribution in [3.8, 4) is 0 Å². The smallest absolute Gasteiger partial charge is 0.174 e. The Hall–Kier alpha value is -1.36. The van der Waals surface area contributed by atoms with Crippen LogP contribution in [-0.2, 0) is 4.74 Å². The molecular formula is C17H16ClNO2S. The quantitative estimate of drug-likeness (QED) is 0.833. The number of hydrogen-bond acceptors (Lipinski definition) is 4. The topological polar surface area (TPSA) is 29.5 Å². The fourth-order valence-corrected chi connectivity index (χ4v) is 4.54. The molecule has 1 saturated heterocycles. The summed E-state index contributed by atoms with van der Waals surface area (Å²) < 4.78 is 5.40. The first-order chi connectivity index (χ1) is 10.7. The molecule has 0 spiro atoms. The van der Waals surface area contributed by atoms with E-state index in [1.165, 1.54) is 16.1 Å². The monoisotopic (exact) mass is 333 g/mol. The zero-order chi connectivity index (χ0) is 15.1. The average Bonchev–Trinajstić information content (AvgIpc) is 3.10. The van der Waals surface area contributed by atoms with E-state index in [1.807, 2.05) is 24.3 Å². The van der Waals surface area contributed by atoms with Gasteiger partial charge in [-0.1, -0.05) is 23.7 Å². The Bertz CT molecular complexity index is 704. The van der Waals surface area contributed by atoms with Crippen molar-refractivity contribution in [1.82, 2.24) is 0 Å². The fourth-order valence-electron chi connectivity index (χ4n) is 3.19. The first-order valence-electron chi connectivity index (χ1n) is 7.47. The molecule has 0 radical (unpaired) electrons. The van der Waals surface area contributed by atoms with Gasteiger partial charge in [-0.25, -0.2) is 0 Å². The maximum absolute atomic E-state index is 12.4. The van der Waals surface area contributed by atoms with Crippen LogP contribution in [0.25, 0.3) is 0 Å². The zero-order valence-corrected chi connectivity index (χ0v) is 13.6. The molecule has 1 aliphatic heterocycles. The van der Waals surface area contributed by atoms with Crippen LogP contribution in [0.5, 0.6) is 0 Å². The Morgan fingerprint density at radius 2 is 1.91 bits per heavy atom. The molecule has 0 bridgehead atoms. The van der Waals surface area contributed by atoms with Crippen LogP contribution in [0.15, 0.2) is 30.3 Å². The zero-order valence-electron chi connectivity index (χ0n) is 12.0. The lowest BCUT2D eigenvalue weighted by molar-refractivity contribution is 0.0994. The summed E-state index contributed by atoms with van der Waals surface area (Å²) in [4.78, 5) is 15.6. The van der Waals surface area contributed by atoms with E-state index < -0.39 is 0 Å². The Balaban J connectivity index is 1.67. The van der Waals surface area contributed by atoms with Gasteiger partial charge < -0.3 is 9.64 Å². The highest BCUT2D eigenvalue weighted by atomic mass is 35.5. The molecule has 3 nitrogen and oxygen atoms in total. The summed E-state index contributed by atoms with van der Waals surface area (Å²) in [6.07, 6.45) is 0.576. The number of thiophene rings is 1. The number of halogens is 1. The number of fused-ring (bicyclic) bond motifs is 1. The summed E-state index contributed by atoms with van der Waals surface area (Å²) in [6.45, 7) is 3.33. The third-order valence-electron chi connectivity index (χ3n) is 4.36. The van der Waals surface area contributed by atoms with E-state index in [2.05, 4.69) is 11.0 Å². The minimum atomic E-state index is 0.172. The van der Waals surface area contributed by atoms with Gasteiger partial charge in [0.05, 0.1) is 23.1 Å². The number of morpholine rings is 1. The predicted octanol–water partition coefficient (Wildman–Crippen LogP) is 3.96. The molecule has 22 heavy (non-hydrogen) atoms. The minimum absolute atomic E-state index is 0.172. The molecule has 0 saturated carbocycles. The van der Waals surface area contributed by atoms with Crippen molar-refractivity contribution in [1.29, 1.82) is 0 Å². The normalized spacial score (nSPS) is 21.2. The number of carbonyl (C=O) groups excluding carboxylic acids is 1. The lowest BCUT2D eigenvalue weighted by atomic mass is 9.94. The third-order valence-corrected chi connectivity index (χ3v) is 5.87. The molecule has 2 aromatic rings. The van der Waals surface area contributed by atoms with E-state index in [1.54, 1.807) is 11.3 Å². The second-order valence-electron chi connectivity index (χ2n) is 5.70. The Labute approximate surface area is 138 Å². The van der Waals surface area contributed by atoms with Crippen LogP contribution in [0.3, 0.4) is 0 Å². The van der Waals surface area contributed by atoms with E-state index in [4.69, 9.17) is 16.3 Å². The van der Waals surface area contributed by atoms with Crippen molar-refractivity contribution >= 4 is 33.7 Å². The maximum atomic E-state index is 12.4. The van der Waals surface area contributed by atoms with Crippen molar-refractivity contribution in [2.45, 2.75) is 12.3 Å². The molecule has 4 rings (SSSR count). The number of carbonyl (C=O) groups is 1. The van der Waals surface area contributed by atoms with Gasteiger partial charge in [-0.2, -0.15) is 0 Å². The van der Waals surface area contributed by atoms with Crippen LogP contribution >= 0.6 is 22.9 Å². The molecule has 1 atom stereocenters. The van der Waals surface area contributed by atoms with Crippen molar-refractivity contribution in [2.75, 3.05) is 31.2 Å². The van der Waals surface area contributed by atoms with E-state index in [-0.39, 0.29) is 11.7 Å². The number of ether oxygens (including phenoxy) is 1. The number of Topliss-reactive ketones (excluding diaryl/α,β-unsaturated/α-hetero) is 1. The molecular weight excluding hydrogens is 318 g/mol. The van der Waals surface area contributed by atoms with Crippen LogP contribution < -0.4 is 4.90 Å². The van der Waals surface area contributed by atoms with Gasteiger partial charge in [-0.15, -0.1) is 11.3 Å². The Kier molecular flexibility index (Phi) is 3.68. The second-order valence-corrected chi connectivity index (χ2v) is 7.17. The van der Waals surface area contributed by atoms with Gasteiger partial charge >= 0.3 is 0 Å². The first kappa shape index (κ1) is 14.2. The van der Waals surface area contributed by atoms with E-state index >= 15 is 0 Å². The summed E-state index contributed by atoms with van der Waals surface area (Å²) in [6, 6.07) is 10.1. The van der Waals surface area contributed by atoms with Crippen LogP contribution in [0.4, 0.5) is 5.00 Å². The molecule has 1 aliphatic carbocycles. The van der Waals surface area contributed by atoms with Crippen molar-refractivity contribution in [2.24, 2.45) is 0 Å². The van der Waals surface area contributed by atoms with Crippen molar-refractivity contribution in [3.63, 3.8) is 0 Å². The summed E-state index contributed by atoms with van der Waals surface area (Å²) in [5.41, 5.74) is 2.35. The van der Waals surface area contributed by atoms with Crippen LogP contribution in [0.2, 0.25) is 5.02 Å². The SMILES string of the molecule is O=C1CC(c2ccc(Cl)cc2)c2cc(N3CCOCC3)sc21. The molecule has 2 heterocycles. The third kappa shape index (κ3) is 2.45. The maximum Gasteiger partial charge on any atom is 0.174 e. The molecule has 1 aromatic heterocycles. The summed E-state index contributed by atoms with van der Waals surface area (Å²) >= 11 is 7.60. The van der Waals surface area contributed by atoms with Gasteiger partial charge in [0.1, 0.15) is 0 Å². The predicted molar refractivity (Wildman–Crippen MR) is 89.6 cm³/mol. The van der Waals surface area contributed by atoms with Gasteiger partial charge in [0.25, 0.3) is 0 Å². The second kappa shape index (κ2) is 5.69. The molecule has 1 aromatic carbocycles. The van der Waals surface area contributed by atoms with Gasteiger partial charge in [0.2, 0.25) is 0 Å².